The molecule has 0 N–H and O–H groups in total. The minimum Gasteiger partial charge on any atom is -0.455 e. The molecular weight excluding hydrogens is 1550 g/mol. The van der Waals surface area contributed by atoms with E-state index in [1.165, 1.54) is 43.7 Å². The van der Waals surface area contributed by atoms with E-state index in [0.717, 1.165) is 149 Å². The molecule has 17 aromatic carbocycles. The van der Waals surface area contributed by atoms with E-state index < -0.39 is 0 Å². The number of rotatable bonds is 11. The van der Waals surface area contributed by atoms with Crippen LogP contribution in [-0.4, -0.2) is 58.1 Å². The maximum Gasteiger partial charge on any atom is 0.238 e. The smallest absolute Gasteiger partial charge is 0.238 e. The summed E-state index contributed by atoms with van der Waals surface area (Å²) in [6.07, 6.45) is 0. The number of aromatic nitrogens is 12. The maximum atomic E-state index is 6.50. The Hall–Kier alpha value is -17.4. The predicted molar refractivity (Wildman–Crippen MR) is 512 cm³/mol. The van der Waals surface area contributed by atoms with E-state index in [2.05, 4.69) is 261 Å². The van der Waals surface area contributed by atoms with Crippen molar-refractivity contribution in [2.45, 2.75) is 0 Å². The molecule has 0 radical (unpaired) electrons. The number of benzene rings is 17. The largest absolute Gasteiger partial charge is 0.455 e. The van der Waals surface area contributed by atoms with Crippen LogP contribution in [0, 0.1) is 0 Å². The van der Waals surface area contributed by atoms with E-state index >= 15 is 0 Å². The lowest BCUT2D eigenvalue weighted by atomic mass is 10.0. The van der Waals surface area contributed by atoms with Crippen molar-refractivity contribution in [3.8, 4) is 103 Å². The number of para-hydroxylation sites is 7. The van der Waals surface area contributed by atoms with Gasteiger partial charge in [-0.3, -0.25) is 13.7 Å². The van der Waals surface area contributed by atoms with Crippen LogP contribution in [0.15, 0.2) is 433 Å². The van der Waals surface area contributed by atoms with Crippen LogP contribution in [0.1, 0.15) is 0 Å². The summed E-state index contributed by atoms with van der Waals surface area (Å²) in [6, 6.07) is 146. The molecule has 14 nitrogen and oxygen atoms in total. The van der Waals surface area contributed by atoms with Gasteiger partial charge in [-0.2, -0.15) is 19.9 Å². The summed E-state index contributed by atoms with van der Waals surface area (Å²) in [5.74, 6) is 4.28. The van der Waals surface area contributed by atoms with Gasteiger partial charge < -0.3 is 13.4 Å². The summed E-state index contributed by atoms with van der Waals surface area (Å²) in [5, 5.41) is 13.5. The van der Waals surface area contributed by atoms with Gasteiger partial charge in [0.25, 0.3) is 0 Å². The van der Waals surface area contributed by atoms with Crippen molar-refractivity contribution in [2.24, 2.45) is 0 Å². The van der Waals surface area contributed by atoms with Crippen molar-refractivity contribution in [3.63, 3.8) is 0 Å². The van der Waals surface area contributed by atoms with Crippen molar-refractivity contribution in [2.75, 3.05) is 0 Å². The Labute approximate surface area is 720 Å². The molecule has 126 heavy (non-hydrogen) atoms. The fraction of sp³-hybridized carbons (Fsp3) is 0. The number of fused-ring (bicyclic) bond motifs is 20. The molecule has 0 spiro atoms. The molecule has 9 aromatic heterocycles. The van der Waals surface area contributed by atoms with Gasteiger partial charge in [0.15, 0.2) is 28.9 Å². The van der Waals surface area contributed by atoms with Gasteiger partial charge in [0.1, 0.15) is 22.3 Å². The molecule has 590 valence electrons. The van der Waals surface area contributed by atoms with Crippen molar-refractivity contribution >= 4 is 131 Å². The van der Waals surface area contributed by atoms with E-state index in [9.17, 15) is 0 Å². The Bertz CT molecular complexity index is 8530. The standard InChI is InChI=1S/C46H30N4.2C33H20N4O/c1-4-14-31(15-5-1)40-30-41(32-16-6-2-7-17-32)48-46(47-40)50-43-23-13-11-21-37(43)39-29-34(25-27-45(39)50)33-24-26-44-38(28-33)36-20-10-12-22-42(36)49(44)35-18-8-3-9-19-35;1-3-11-21(12-4-1)31-34-32(22-13-5-2-6-14-22)36-33(35-31)37-26-17-9-7-16-25(26)29-27(37)20-19-24-23-15-8-10-18-28(23)38-30(24)29;1-3-11-21(12-4-1)31-34-32(22-13-5-2-6-14-22)36-33(35-31)37-27-17-9-7-15-23(27)25-19-20-26-24-16-8-10-18-28(24)38-30(26)29(25)37/h1-30H;2*1-20H. The molecule has 0 saturated heterocycles. The van der Waals surface area contributed by atoms with Crippen LogP contribution in [0.4, 0.5) is 0 Å². The highest BCUT2D eigenvalue weighted by molar-refractivity contribution is 6.25. The molecule has 0 bridgehead atoms. The van der Waals surface area contributed by atoms with Gasteiger partial charge in [0, 0.05) is 98.3 Å². The quantitative estimate of drug-likeness (QED) is 0.122. The van der Waals surface area contributed by atoms with Crippen LogP contribution in [0.5, 0.6) is 0 Å². The summed E-state index contributed by atoms with van der Waals surface area (Å²) in [6.45, 7) is 0. The topological polar surface area (TPSA) is 149 Å². The molecule has 9 heterocycles. The molecule has 0 amide bonds. The number of hydrogen-bond donors (Lipinski definition) is 0. The molecule has 14 heteroatoms. The monoisotopic (exact) mass is 1610 g/mol. The molecule has 0 fully saturated rings. The number of hydrogen-bond acceptors (Lipinski definition) is 10. The first kappa shape index (κ1) is 72.6. The van der Waals surface area contributed by atoms with Crippen molar-refractivity contribution < 1.29 is 8.83 Å². The Morgan fingerprint density at radius 2 is 0.484 bits per heavy atom. The second-order valence-corrected chi connectivity index (χ2v) is 31.3. The molecule has 0 aliphatic rings. The van der Waals surface area contributed by atoms with E-state index in [1.807, 2.05) is 182 Å². The highest BCUT2D eigenvalue weighted by Crippen LogP contribution is 2.45. The zero-order valence-electron chi connectivity index (χ0n) is 67.6. The highest BCUT2D eigenvalue weighted by atomic mass is 16.3. The third kappa shape index (κ3) is 12.5. The summed E-state index contributed by atoms with van der Waals surface area (Å²) in [4.78, 5) is 40.2. The average Bonchev–Trinajstić information content (AvgIpc) is 1.56. The van der Waals surface area contributed by atoms with Crippen LogP contribution >= 0.6 is 0 Å². The second-order valence-electron chi connectivity index (χ2n) is 31.3. The Morgan fingerprint density at radius 1 is 0.175 bits per heavy atom. The summed E-state index contributed by atoms with van der Waals surface area (Å²) < 4.78 is 21.8. The minimum atomic E-state index is 0.553. The number of furan rings is 2. The zero-order valence-corrected chi connectivity index (χ0v) is 67.6. The Morgan fingerprint density at radius 3 is 0.960 bits per heavy atom. The van der Waals surface area contributed by atoms with Gasteiger partial charge >= 0.3 is 0 Å². The molecule has 0 unspecified atom stereocenters. The first-order valence-electron chi connectivity index (χ1n) is 42.0. The highest BCUT2D eigenvalue weighted by Gasteiger charge is 2.26. The van der Waals surface area contributed by atoms with Gasteiger partial charge in [-0.05, 0) is 108 Å². The maximum absolute atomic E-state index is 6.50. The van der Waals surface area contributed by atoms with Crippen molar-refractivity contribution in [3.05, 3.63) is 425 Å². The molecule has 0 saturated carbocycles. The van der Waals surface area contributed by atoms with E-state index in [1.54, 1.807) is 0 Å². The molecular formula is C112H70N12O2. The molecule has 26 rings (SSSR count). The molecule has 0 aliphatic heterocycles. The van der Waals surface area contributed by atoms with Gasteiger partial charge in [-0.25, -0.2) is 19.9 Å². The van der Waals surface area contributed by atoms with E-state index in [-0.39, 0.29) is 0 Å². The van der Waals surface area contributed by atoms with E-state index in [0.29, 0.717) is 41.1 Å². The van der Waals surface area contributed by atoms with Gasteiger partial charge in [0.2, 0.25) is 17.8 Å². The van der Waals surface area contributed by atoms with E-state index in [4.69, 9.17) is 48.7 Å². The fourth-order valence-electron chi connectivity index (χ4n) is 18.1. The third-order valence-electron chi connectivity index (χ3n) is 23.9. The summed E-state index contributed by atoms with van der Waals surface area (Å²) in [5.41, 5.74) is 23.1. The van der Waals surface area contributed by atoms with Gasteiger partial charge in [0.05, 0.1) is 55.4 Å². The van der Waals surface area contributed by atoms with Crippen LogP contribution in [0.2, 0.25) is 0 Å². The lowest BCUT2D eigenvalue weighted by Crippen LogP contribution is -2.06. The van der Waals surface area contributed by atoms with Gasteiger partial charge in [-0.1, -0.05) is 328 Å². The first-order chi connectivity index (χ1) is 62.5. The first-order valence-corrected chi connectivity index (χ1v) is 42.0. The minimum absolute atomic E-state index is 0.553. The fourth-order valence-corrected chi connectivity index (χ4v) is 18.1. The summed E-state index contributed by atoms with van der Waals surface area (Å²) >= 11 is 0. The molecule has 0 atom stereocenters. The van der Waals surface area contributed by atoms with Crippen molar-refractivity contribution in [1.82, 2.24) is 58.1 Å². The van der Waals surface area contributed by atoms with Crippen LogP contribution in [-0.2, 0) is 0 Å². The number of nitrogens with zero attached hydrogens (tertiary/aromatic N) is 12. The lowest BCUT2D eigenvalue weighted by Gasteiger charge is -2.12. The normalized spacial score (nSPS) is 11.7. The average molecular weight is 1620 g/mol. The Balaban J connectivity index is 0.000000107. The van der Waals surface area contributed by atoms with Crippen LogP contribution in [0.3, 0.4) is 0 Å². The van der Waals surface area contributed by atoms with Crippen LogP contribution in [0.25, 0.3) is 234 Å². The third-order valence-corrected chi connectivity index (χ3v) is 23.9. The SMILES string of the molecule is c1ccc(-c2cc(-c3ccccc3)nc(-n3c4ccccc4c4cc(-c5ccc6c(c5)c5ccccc5n6-c5ccccc5)ccc43)n2)cc1.c1ccc(-c2nc(-c3ccccc3)nc(-n3c4ccccc4c4c5oc6ccccc6c5ccc43)n2)cc1.c1ccc(-c2nc(-c3ccccc3)nc(-n3c4ccccc4c4ccc5c6ccccc6oc5c43)n2)cc1. The second kappa shape index (κ2) is 30.4. The summed E-state index contributed by atoms with van der Waals surface area (Å²) in [7, 11) is 0. The van der Waals surface area contributed by atoms with Crippen molar-refractivity contribution in [1.29, 1.82) is 0 Å². The van der Waals surface area contributed by atoms with Crippen LogP contribution < -0.4 is 0 Å². The lowest BCUT2D eigenvalue weighted by molar-refractivity contribution is 0.670. The molecule has 26 aromatic rings. The zero-order chi connectivity index (χ0) is 83.1. The van der Waals surface area contributed by atoms with Gasteiger partial charge in [-0.15, -0.1) is 0 Å². The predicted octanol–water partition coefficient (Wildman–Crippen LogP) is 28.1. The molecule has 0 aliphatic carbocycles. The Kier molecular flexibility index (Phi) is 17.5.